The van der Waals surface area contributed by atoms with Gasteiger partial charge in [0.2, 0.25) is 0 Å². The van der Waals surface area contributed by atoms with Gasteiger partial charge in [0.05, 0.1) is 18.1 Å². The molecule has 2 aromatic rings. The van der Waals surface area contributed by atoms with Gasteiger partial charge in [0.25, 0.3) is 5.91 Å². The van der Waals surface area contributed by atoms with Gasteiger partial charge in [-0.3, -0.25) is 10.0 Å². The molecule has 3 rings (SSSR count). The van der Waals surface area contributed by atoms with Crippen molar-refractivity contribution >= 4 is 11.6 Å². The Hall–Kier alpha value is -2.27. The number of benzene rings is 1. The first-order valence-corrected chi connectivity index (χ1v) is 5.17. The van der Waals surface area contributed by atoms with Gasteiger partial charge in [0, 0.05) is 11.3 Å². The van der Waals surface area contributed by atoms with E-state index in [0.29, 0.717) is 21.9 Å². The zero-order valence-electron chi connectivity index (χ0n) is 8.83. The number of amides is 1. The Kier molecular flexibility index (Phi) is 2.12. The third-order valence-corrected chi connectivity index (χ3v) is 2.76. The molecule has 1 aromatic carbocycles. The third kappa shape index (κ3) is 1.48. The number of nitrogens with one attached hydrogen (secondary N) is 1. The Balaban J connectivity index is 2.05. The lowest BCUT2D eigenvalue weighted by molar-refractivity contribution is -0.0852. The average Bonchev–Trinajstić information content (AvgIpc) is 2.87. The number of furan rings is 1. The van der Waals surface area contributed by atoms with Crippen LogP contribution in [-0.2, 0) is 0 Å². The van der Waals surface area contributed by atoms with Gasteiger partial charge >= 0.3 is 0 Å². The van der Waals surface area contributed by atoms with Gasteiger partial charge in [-0.2, -0.15) is 5.06 Å². The van der Waals surface area contributed by atoms with Crippen LogP contribution in [0.15, 0.2) is 47.3 Å². The highest BCUT2D eigenvalue weighted by Gasteiger charge is 2.32. The Morgan fingerprint density at radius 3 is 2.88 bits per heavy atom. The van der Waals surface area contributed by atoms with Gasteiger partial charge in [0.1, 0.15) is 0 Å². The van der Waals surface area contributed by atoms with Crippen LogP contribution in [0.4, 0.5) is 5.69 Å². The topological polar surface area (TPSA) is 65.7 Å². The molecule has 86 valence electrons. The molecular formula is C12H10N2O3. The lowest BCUT2D eigenvalue weighted by Crippen LogP contribution is -2.40. The van der Waals surface area contributed by atoms with Crippen molar-refractivity contribution in [2.45, 2.75) is 6.17 Å². The molecule has 1 aliphatic heterocycles. The molecule has 2 N–H and O–H groups in total. The fourth-order valence-electron chi connectivity index (χ4n) is 1.90. The summed E-state index contributed by atoms with van der Waals surface area (Å²) in [6.45, 7) is 0. The number of fused-ring (bicyclic) bond motifs is 1. The van der Waals surface area contributed by atoms with Crippen molar-refractivity contribution in [2.75, 3.05) is 5.32 Å². The van der Waals surface area contributed by atoms with E-state index in [4.69, 9.17) is 4.42 Å². The molecule has 1 aromatic heterocycles. The summed E-state index contributed by atoms with van der Waals surface area (Å²) in [6, 6.07) is 8.75. The highest BCUT2D eigenvalue weighted by Crippen LogP contribution is 2.31. The molecule has 1 aliphatic rings. The Morgan fingerprint density at radius 1 is 1.29 bits per heavy atom. The van der Waals surface area contributed by atoms with E-state index in [1.54, 1.807) is 24.3 Å². The number of carbonyl (C=O) groups excluding carboxylic acids is 1. The highest BCUT2D eigenvalue weighted by molar-refractivity contribution is 6.00. The van der Waals surface area contributed by atoms with E-state index in [1.165, 1.54) is 12.5 Å². The third-order valence-electron chi connectivity index (χ3n) is 2.76. The van der Waals surface area contributed by atoms with E-state index in [1.807, 2.05) is 6.07 Å². The van der Waals surface area contributed by atoms with E-state index in [9.17, 15) is 10.0 Å². The smallest absolute Gasteiger partial charge is 0.281 e. The number of carbonyl (C=O) groups is 1. The lowest BCUT2D eigenvalue weighted by atomic mass is 10.1. The first kappa shape index (κ1) is 9.92. The first-order chi connectivity index (χ1) is 8.27. The van der Waals surface area contributed by atoms with Gasteiger partial charge in [-0.25, -0.2) is 0 Å². The predicted octanol–water partition coefficient (Wildman–Crippen LogP) is 2.24. The van der Waals surface area contributed by atoms with Crippen LogP contribution in [0.2, 0.25) is 0 Å². The van der Waals surface area contributed by atoms with Crippen molar-refractivity contribution in [1.82, 2.24) is 5.06 Å². The van der Waals surface area contributed by atoms with E-state index in [2.05, 4.69) is 5.32 Å². The fourth-order valence-corrected chi connectivity index (χ4v) is 1.90. The van der Waals surface area contributed by atoms with Crippen molar-refractivity contribution in [3.05, 3.63) is 54.0 Å². The number of nitrogens with zero attached hydrogens (tertiary/aromatic N) is 1. The molecule has 0 spiro atoms. The normalized spacial score (nSPS) is 18.8. The fraction of sp³-hybridized carbons (Fsp3) is 0.0833. The minimum atomic E-state index is -0.615. The van der Waals surface area contributed by atoms with Crippen LogP contribution >= 0.6 is 0 Å². The minimum Gasteiger partial charge on any atom is -0.472 e. The number of hydroxylamine groups is 2. The van der Waals surface area contributed by atoms with Crippen LogP contribution in [0.1, 0.15) is 22.1 Å². The second kappa shape index (κ2) is 3.64. The van der Waals surface area contributed by atoms with Crippen LogP contribution in [0, 0.1) is 0 Å². The van der Waals surface area contributed by atoms with Crippen molar-refractivity contribution in [3.63, 3.8) is 0 Å². The Morgan fingerprint density at radius 2 is 2.12 bits per heavy atom. The van der Waals surface area contributed by atoms with Crippen LogP contribution in [-0.4, -0.2) is 16.2 Å². The molecule has 1 unspecified atom stereocenters. The van der Waals surface area contributed by atoms with E-state index in [0.717, 1.165) is 0 Å². The van der Waals surface area contributed by atoms with Crippen molar-refractivity contribution < 1.29 is 14.4 Å². The standard InChI is InChI=1S/C12H10N2O3/c15-12-9-3-1-2-4-10(9)13-11(14(12)16)8-5-6-17-7-8/h1-7,11,13,16H. The number of hydrogen-bond acceptors (Lipinski definition) is 4. The van der Waals surface area contributed by atoms with Crippen LogP contribution < -0.4 is 5.32 Å². The second-order valence-corrected chi connectivity index (χ2v) is 3.80. The van der Waals surface area contributed by atoms with Crippen LogP contribution in [0.25, 0.3) is 0 Å². The van der Waals surface area contributed by atoms with Crippen molar-refractivity contribution in [1.29, 1.82) is 0 Å². The molecule has 0 radical (unpaired) electrons. The van der Waals surface area contributed by atoms with Crippen LogP contribution in [0.5, 0.6) is 0 Å². The summed E-state index contributed by atoms with van der Waals surface area (Å²) in [4.78, 5) is 11.9. The molecule has 1 amide bonds. The van der Waals surface area contributed by atoms with E-state index in [-0.39, 0.29) is 0 Å². The molecule has 5 nitrogen and oxygen atoms in total. The molecule has 0 saturated carbocycles. The SMILES string of the molecule is O=C1c2ccccc2NC(c2ccoc2)N1O. The number of para-hydroxylation sites is 1. The molecule has 1 atom stereocenters. The monoisotopic (exact) mass is 230 g/mol. The quantitative estimate of drug-likeness (QED) is 0.737. The maximum Gasteiger partial charge on any atom is 0.281 e. The predicted molar refractivity (Wildman–Crippen MR) is 59.5 cm³/mol. The molecule has 0 saturated heterocycles. The molecule has 0 fully saturated rings. The lowest BCUT2D eigenvalue weighted by Gasteiger charge is -2.32. The van der Waals surface area contributed by atoms with Crippen molar-refractivity contribution in [2.24, 2.45) is 0 Å². The minimum absolute atomic E-state index is 0.425. The maximum absolute atomic E-state index is 11.9. The van der Waals surface area contributed by atoms with Gasteiger partial charge < -0.3 is 9.73 Å². The van der Waals surface area contributed by atoms with Gasteiger partial charge in [0.15, 0.2) is 6.17 Å². The largest absolute Gasteiger partial charge is 0.472 e. The van der Waals surface area contributed by atoms with Crippen molar-refractivity contribution in [3.8, 4) is 0 Å². The Labute approximate surface area is 97.2 Å². The number of rotatable bonds is 1. The molecule has 0 aliphatic carbocycles. The number of hydrogen-bond donors (Lipinski definition) is 2. The number of anilines is 1. The zero-order chi connectivity index (χ0) is 11.8. The van der Waals surface area contributed by atoms with E-state index < -0.39 is 12.1 Å². The summed E-state index contributed by atoms with van der Waals surface area (Å²) in [5.41, 5.74) is 1.85. The van der Waals surface area contributed by atoms with E-state index >= 15 is 0 Å². The molecular weight excluding hydrogens is 220 g/mol. The highest BCUT2D eigenvalue weighted by atomic mass is 16.5. The summed E-state index contributed by atoms with van der Waals surface area (Å²) in [5.74, 6) is -0.425. The summed E-state index contributed by atoms with van der Waals surface area (Å²) in [7, 11) is 0. The molecule has 2 heterocycles. The molecule has 17 heavy (non-hydrogen) atoms. The summed E-state index contributed by atoms with van der Waals surface area (Å²) in [6.07, 6.45) is 2.37. The molecule has 0 bridgehead atoms. The van der Waals surface area contributed by atoms with Gasteiger partial charge in [-0.05, 0) is 18.2 Å². The average molecular weight is 230 g/mol. The first-order valence-electron chi connectivity index (χ1n) is 5.17. The molecule has 5 heteroatoms. The summed E-state index contributed by atoms with van der Waals surface area (Å²) < 4.78 is 4.95. The van der Waals surface area contributed by atoms with Gasteiger partial charge in [-0.15, -0.1) is 0 Å². The maximum atomic E-state index is 11.9. The second-order valence-electron chi connectivity index (χ2n) is 3.80. The van der Waals surface area contributed by atoms with Crippen LogP contribution in [0.3, 0.4) is 0 Å². The summed E-state index contributed by atoms with van der Waals surface area (Å²) >= 11 is 0. The Bertz CT molecular complexity index is 551. The summed E-state index contributed by atoms with van der Waals surface area (Å²) in [5, 5.41) is 13.6. The van der Waals surface area contributed by atoms with Gasteiger partial charge in [-0.1, -0.05) is 12.1 Å². The zero-order valence-corrected chi connectivity index (χ0v) is 8.83.